The smallest absolute Gasteiger partial charge is 0.329 e. The van der Waals surface area contributed by atoms with E-state index in [0.29, 0.717) is 17.1 Å². The summed E-state index contributed by atoms with van der Waals surface area (Å²) in [6, 6.07) is 14.5. The third-order valence-electron chi connectivity index (χ3n) is 3.31. The van der Waals surface area contributed by atoms with Crippen molar-refractivity contribution in [2.45, 2.75) is 6.54 Å². The molecule has 0 aliphatic carbocycles. The minimum absolute atomic E-state index is 0.264. The Balaban J connectivity index is 1.91. The fraction of sp³-hybridized carbons (Fsp3) is 0.167. The van der Waals surface area contributed by atoms with Gasteiger partial charge in [-0.2, -0.15) is 5.10 Å². The van der Waals surface area contributed by atoms with Crippen LogP contribution in [0.15, 0.2) is 53.6 Å². The molecule has 2 rings (SSSR count). The van der Waals surface area contributed by atoms with Crippen molar-refractivity contribution in [1.82, 2.24) is 10.7 Å². The molecule has 0 bridgehead atoms. The Morgan fingerprint density at radius 1 is 1.00 bits per heavy atom. The van der Waals surface area contributed by atoms with E-state index >= 15 is 0 Å². The summed E-state index contributed by atoms with van der Waals surface area (Å²) in [6.45, 7) is 0.264. The standard InChI is InChI=1S/C18H19N3O4/c1-24-15-10-6-9-14(16(15)25-2)12-20-21-18(23)17(22)19-11-13-7-4-3-5-8-13/h3-10,12H,11H2,1-2H3,(H,19,22)(H,21,23)/b20-12+. The van der Waals surface area contributed by atoms with Crippen LogP contribution in [0, 0.1) is 0 Å². The lowest BCUT2D eigenvalue weighted by Crippen LogP contribution is -2.37. The molecule has 0 atom stereocenters. The highest BCUT2D eigenvalue weighted by Crippen LogP contribution is 2.29. The first-order valence-corrected chi connectivity index (χ1v) is 7.52. The van der Waals surface area contributed by atoms with Gasteiger partial charge >= 0.3 is 11.8 Å². The lowest BCUT2D eigenvalue weighted by molar-refractivity contribution is -0.139. The van der Waals surface area contributed by atoms with Crippen LogP contribution in [-0.4, -0.2) is 32.2 Å². The zero-order valence-electron chi connectivity index (χ0n) is 14.0. The Morgan fingerprint density at radius 2 is 1.76 bits per heavy atom. The van der Waals surface area contributed by atoms with Gasteiger partial charge in [-0.05, 0) is 17.7 Å². The molecule has 2 aromatic carbocycles. The van der Waals surface area contributed by atoms with Gasteiger partial charge in [0.05, 0.1) is 20.4 Å². The Labute approximate surface area is 145 Å². The first-order valence-electron chi connectivity index (χ1n) is 7.52. The minimum Gasteiger partial charge on any atom is -0.493 e. The fourth-order valence-corrected chi connectivity index (χ4v) is 2.08. The van der Waals surface area contributed by atoms with Crippen LogP contribution in [0.25, 0.3) is 0 Å². The molecule has 130 valence electrons. The van der Waals surface area contributed by atoms with Gasteiger partial charge < -0.3 is 14.8 Å². The van der Waals surface area contributed by atoms with Gasteiger partial charge in [-0.25, -0.2) is 5.43 Å². The van der Waals surface area contributed by atoms with Crippen LogP contribution < -0.4 is 20.2 Å². The number of nitrogens with one attached hydrogen (secondary N) is 2. The molecule has 0 saturated carbocycles. The van der Waals surface area contributed by atoms with Gasteiger partial charge in [-0.15, -0.1) is 0 Å². The number of hydrogen-bond donors (Lipinski definition) is 2. The number of ether oxygens (including phenoxy) is 2. The molecular weight excluding hydrogens is 322 g/mol. The van der Waals surface area contributed by atoms with Gasteiger partial charge in [0, 0.05) is 12.1 Å². The van der Waals surface area contributed by atoms with E-state index in [4.69, 9.17) is 9.47 Å². The lowest BCUT2D eigenvalue weighted by Gasteiger charge is -2.09. The topological polar surface area (TPSA) is 89.0 Å². The number of carbonyl (C=O) groups is 2. The van der Waals surface area contributed by atoms with Crippen molar-refractivity contribution in [3.8, 4) is 11.5 Å². The zero-order valence-corrected chi connectivity index (χ0v) is 14.0. The highest BCUT2D eigenvalue weighted by Gasteiger charge is 2.12. The van der Waals surface area contributed by atoms with Crippen molar-refractivity contribution in [3.05, 3.63) is 59.7 Å². The van der Waals surface area contributed by atoms with Crippen molar-refractivity contribution >= 4 is 18.0 Å². The van der Waals surface area contributed by atoms with Gasteiger partial charge in [-0.3, -0.25) is 9.59 Å². The molecule has 0 spiro atoms. The highest BCUT2D eigenvalue weighted by molar-refractivity contribution is 6.35. The maximum atomic E-state index is 11.7. The number of benzene rings is 2. The normalized spacial score (nSPS) is 10.3. The summed E-state index contributed by atoms with van der Waals surface area (Å²) in [5.74, 6) is -0.595. The van der Waals surface area contributed by atoms with E-state index in [1.54, 1.807) is 18.2 Å². The second-order valence-electron chi connectivity index (χ2n) is 4.95. The molecular formula is C18H19N3O4. The molecule has 0 aliphatic rings. The van der Waals surface area contributed by atoms with E-state index in [2.05, 4.69) is 15.8 Å². The van der Waals surface area contributed by atoms with Gasteiger partial charge in [-0.1, -0.05) is 36.4 Å². The number of rotatable bonds is 6. The van der Waals surface area contributed by atoms with E-state index in [1.165, 1.54) is 20.4 Å². The molecule has 7 nitrogen and oxygen atoms in total. The average Bonchev–Trinajstić information content (AvgIpc) is 2.66. The molecule has 0 unspecified atom stereocenters. The Hall–Kier alpha value is -3.35. The number of para-hydroxylation sites is 1. The molecule has 7 heteroatoms. The Kier molecular flexibility index (Phi) is 6.53. The predicted octanol–water partition coefficient (Wildman–Crippen LogP) is 1.47. The molecule has 2 N–H and O–H groups in total. The van der Waals surface area contributed by atoms with E-state index in [-0.39, 0.29) is 6.54 Å². The number of carbonyl (C=O) groups excluding carboxylic acids is 2. The third-order valence-corrected chi connectivity index (χ3v) is 3.31. The molecule has 0 heterocycles. The quantitative estimate of drug-likeness (QED) is 0.473. The van der Waals surface area contributed by atoms with Crippen LogP contribution in [0.4, 0.5) is 0 Å². The summed E-state index contributed by atoms with van der Waals surface area (Å²) >= 11 is 0. The zero-order chi connectivity index (χ0) is 18.1. The average molecular weight is 341 g/mol. The summed E-state index contributed by atoms with van der Waals surface area (Å²) < 4.78 is 10.4. The van der Waals surface area contributed by atoms with Crippen LogP contribution in [-0.2, 0) is 16.1 Å². The van der Waals surface area contributed by atoms with Gasteiger partial charge in [0.15, 0.2) is 11.5 Å². The second-order valence-corrected chi connectivity index (χ2v) is 4.95. The first kappa shape index (κ1) is 18.0. The van der Waals surface area contributed by atoms with Crippen molar-refractivity contribution in [2.24, 2.45) is 5.10 Å². The van der Waals surface area contributed by atoms with Crippen LogP contribution in [0.5, 0.6) is 11.5 Å². The third kappa shape index (κ3) is 5.07. The number of amides is 2. The van der Waals surface area contributed by atoms with Crippen LogP contribution in [0.1, 0.15) is 11.1 Å². The van der Waals surface area contributed by atoms with Crippen LogP contribution in [0.2, 0.25) is 0 Å². The Morgan fingerprint density at radius 3 is 2.44 bits per heavy atom. The van der Waals surface area contributed by atoms with E-state index in [1.807, 2.05) is 30.3 Å². The molecule has 25 heavy (non-hydrogen) atoms. The van der Waals surface area contributed by atoms with Gasteiger partial charge in [0.25, 0.3) is 0 Å². The fourth-order valence-electron chi connectivity index (χ4n) is 2.08. The van der Waals surface area contributed by atoms with Gasteiger partial charge in [0.2, 0.25) is 0 Å². The molecule has 0 aromatic heterocycles. The van der Waals surface area contributed by atoms with Crippen molar-refractivity contribution < 1.29 is 19.1 Å². The van der Waals surface area contributed by atoms with Crippen LogP contribution in [0.3, 0.4) is 0 Å². The van der Waals surface area contributed by atoms with E-state index in [9.17, 15) is 9.59 Å². The highest BCUT2D eigenvalue weighted by atomic mass is 16.5. The number of methoxy groups -OCH3 is 2. The van der Waals surface area contributed by atoms with Crippen molar-refractivity contribution in [1.29, 1.82) is 0 Å². The molecule has 2 amide bonds. The summed E-state index contributed by atoms with van der Waals surface area (Å²) in [5.41, 5.74) is 3.68. The maximum absolute atomic E-state index is 11.7. The van der Waals surface area contributed by atoms with Crippen molar-refractivity contribution in [2.75, 3.05) is 14.2 Å². The number of nitrogens with zero attached hydrogens (tertiary/aromatic N) is 1. The molecule has 0 aliphatic heterocycles. The number of hydrogen-bond acceptors (Lipinski definition) is 5. The second kappa shape index (κ2) is 9.07. The SMILES string of the molecule is COc1cccc(/C=N/NC(=O)C(=O)NCc2ccccc2)c1OC. The summed E-state index contributed by atoms with van der Waals surface area (Å²) in [6.07, 6.45) is 1.38. The monoisotopic (exact) mass is 341 g/mol. The van der Waals surface area contributed by atoms with Crippen molar-refractivity contribution in [3.63, 3.8) is 0 Å². The van der Waals surface area contributed by atoms with E-state index in [0.717, 1.165) is 5.56 Å². The predicted molar refractivity (Wildman–Crippen MR) is 93.6 cm³/mol. The molecule has 0 fully saturated rings. The van der Waals surface area contributed by atoms with Crippen LogP contribution >= 0.6 is 0 Å². The molecule has 2 aromatic rings. The number of hydrazone groups is 1. The first-order chi connectivity index (χ1) is 12.2. The molecule has 0 radical (unpaired) electrons. The summed E-state index contributed by atoms with van der Waals surface area (Å²) in [4.78, 5) is 23.5. The van der Waals surface area contributed by atoms with Gasteiger partial charge in [0.1, 0.15) is 0 Å². The maximum Gasteiger partial charge on any atom is 0.329 e. The van der Waals surface area contributed by atoms with E-state index < -0.39 is 11.8 Å². The minimum atomic E-state index is -0.853. The lowest BCUT2D eigenvalue weighted by atomic mass is 10.2. The largest absolute Gasteiger partial charge is 0.493 e. The Bertz CT molecular complexity index is 760. The summed E-state index contributed by atoms with van der Waals surface area (Å²) in [7, 11) is 3.03. The summed E-state index contributed by atoms with van der Waals surface area (Å²) in [5, 5.41) is 6.30. The molecule has 0 saturated heterocycles.